The lowest BCUT2D eigenvalue weighted by Gasteiger charge is -2.31. The summed E-state index contributed by atoms with van der Waals surface area (Å²) in [6.07, 6.45) is 5.49. The fourth-order valence-electron chi connectivity index (χ4n) is 2.20. The first kappa shape index (κ1) is 13.0. The third-order valence-corrected chi connectivity index (χ3v) is 4.13. The molecule has 0 aromatic carbocycles. The molecule has 90 valence electrons. The van der Waals surface area contributed by atoms with Gasteiger partial charge < -0.3 is 10.4 Å². The highest BCUT2D eigenvalue weighted by Gasteiger charge is 2.27. The zero-order valence-corrected chi connectivity index (χ0v) is 10.7. The summed E-state index contributed by atoms with van der Waals surface area (Å²) in [6, 6.07) is 0.553. The molecule has 1 saturated carbocycles. The zero-order chi connectivity index (χ0) is 11.5. The molecule has 2 N–H and O–H groups in total. The standard InChI is InChI=1S/C13H27NO/c1-10(2)13(4,15)9-14-11(3)12-7-5-6-8-12/h10-12,14-15H,5-9H2,1-4H3/t11-,13?/m1/s1. The molecule has 1 unspecified atom stereocenters. The molecule has 2 nitrogen and oxygen atoms in total. The van der Waals surface area contributed by atoms with Crippen LogP contribution in [-0.2, 0) is 0 Å². The van der Waals surface area contributed by atoms with Crippen molar-refractivity contribution in [2.75, 3.05) is 6.54 Å². The average Bonchev–Trinajstić information content (AvgIpc) is 2.66. The van der Waals surface area contributed by atoms with Crippen LogP contribution in [0.1, 0.15) is 53.4 Å². The monoisotopic (exact) mass is 213 g/mol. The average molecular weight is 213 g/mol. The van der Waals surface area contributed by atoms with Crippen molar-refractivity contribution in [3.05, 3.63) is 0 Å². The van der Waals surface area contributed by atoms with Gasteiger partial charge in [0.2, 0.25) is 0 Å². The van der Waals surface area contributed by atoms with E-state index in [9.17, 15) is 5.11 Å². The third kappa shape index (κ3) is 3.76. The smallest absolute Gasteiger partial charge is 0.0766 e. The Morgan fingerprint density at radius 3 is 2.27 bits per heavy atom. The van der Waals surface area contributed by atoms with Gasteiger partial charge >= 0.3 is 0 Å². The number of hydrogen-bond acceptors (Lipinski definition) is 2. The molecule has 1 fully saturated rings. The SMILES string of the molecule is CC(C)C(C)(O)CN[C@H](C)C1CCCC1. The van der Waals surface area contributed by atoms with Gasteiger partial charge in [0, 0.05) is 12.6 Å². The van der Waals surface area contributed by atoms with Crippen molar-refractivity contribution in [2.45, 2.75) is 65.0 Å². The second-order valence-corrected chi connectivity index (χ2v) is 5.73. The molecule has 2 heteroatoms. The van der Waals surface area contributed by atoms with E-state index in [1.807, 2.05) is 6.92 Å². The molecular formula is C13H27NO. The number of hydrogen-bond donors (Lipinski definition) is 2. The molecular weight excluding hydrogens is 186 g/mol. The summed E-state index contributed by atoms with van der Waals surface area (Å²) in [4.78, 5) is 0. The van der Waals surface area contributed by atoms with Crippen molar-refractivity contribution >= 4 is 0 Å². The highest BCUT2D eigenvalue weighted by atomic mass is 16.3. The van der Waals surface area contributed by atoms with E-state index in [-0.39, 0.29) is 0 Å². The molecule has 0 spiro atoms. The first-order chi connectivity index (χ1) is 6.93. The molecule has 0 amide bonds. The predicted octanol–water partition coefficient (Wildman–Crippen LogP) is 2.56. The van der Waals surface area contributed by atoms with Crippen LogP contribution in [0.25, 0.3) is 0 Å². The Hall–Kier alpha value is -0.0800. The lowest BCUT2D eigenvalue weighted by molar-refractivity contribution is 0.0107. The summed E-state index contributed by atoms with van der Waals surface area (Å²) >= 11 is 0. The summed E-state index contributed by atoms with van der Waals surface area (Å²) in [5, 5.41) is 13.6. The van der Waals surface area contributed by atoms with Gasteiger partial charge in [-0.1, -0.05) is 26.7 Å². The molecule has 0 radical (unpaired) electrons. The van der Waals surface area contributed by atoms with Crippen LogP contribution in [0.15, 0.2) is 0 Å². The van der Waals surface area contributed by atoms with E-state index in [1.165, 1.54) is 25.7 Å². The molecule has 0 heterocycles. The number of aliphatic hydroxyl groups is 1. The Morgan fingerprint density at radius 1 is 1.27 bits per heavy atom. The van der Waals surface area contributed by atoms with E-state index >= 15 is 0 Å². The predicted molar refractivity (Wildman–Crippen MR) is 64.9 cm³/mol. The first-order valence-corrected chi connectivity index (χ1v) is 6.39. The molecule has 0 bridgehead atoms. The van der Waals surface area contributed by atoms with Crippen LogP contribution in [0.3, 0.4) is 0 Å². The van der Waals surface area contributed by atoms with E-state index in [2.05, 4.69) is 26.1 Å². The molecule has 0 aromatic heterocycles. The fraction of sp³-hybridized carbons (Fsp3) is 1.00. The molecule has 15 heavy (non-hydrogen) atoms. The van der Waals surface area contributed by atoms with Crippen LogP contribution in [0.5, 0.6) is 0 Å². The fourth-order valence-corrected chi connectivity index (χ4v) is 2.20. The van der Waals surface area contributed by atoms with Gasteiger partial charge in [0.1, 0.15) is 0 Å². The van der Waals surface area contributed by atoms with Gasteiger partial charge in [-0.25, -0.2) is 0 Å². The van der Waals surface area contributed by atoms with Crippen LogP contribution >= 0.6 is 0 Å². The summed E-state index contributed by atoms with van der Waals surface area (Å²) in [7, 11) is 0. The van der Waals surface area contributed by atoms with Crippen molar-refractivity contribution in [1.82, 2.24) is 5.32 Å². The lowest BCUT2D eigenvalue weighted by Crippen LogP contribution is -2.46. The van der Waals surface area contributed by atoms with Gasteiger partial charge in [-0.15, -0.1) is 0 Å². The van der Waals surface area contributed by atoms with E-state index in [4.69, 9.17) is 0 Å². The Morgan fingerprint density at radius 2 is 1.80 bits per heavy atom. The highest BCUT2D eigenvalue weighted by Crippen LogP contribution is 2.27. The van der Waals surface area contributed by atoms with Gasteiger partial charge in [-0.2, -0.15) is 0 Å². The topological polar surface area (TPSA) is 32.3 Å². The molecule has 0 saturated heterocycles. The second-order valence-electron chi connectivity index (χ2n) is 5.73. The van der Waals surface area contributed by atoms with Crippen molar-refractivity contribution in [3.8, 4) is 0 Å². The van der Waals surface area contributed by atoms with Gasteiger partial charge in [-0.05, 0) is 38.5 Å². The normalized spacial score (nSPS) is 24.4. The molecule has 1 aliphatic carbocycles. The van der Waals surface area contributed by atoms with E-state index in [1.54, 1.807) is 0 Å². The largest absolute Gasteiger partial charge is 0.389 e. The van der Waals surface area contributed by atoms with Crippen LogP contribution in [-0.4, -0.2) is 23.3 Å². The maximum Gasteiger partial charge on any atom is 0.0766 e. The molecule has 2 atom stereocenters. The third-order valence-electron chi connectivity index (χ3n) is 4.13. The Labute approximate surface area is 94.5 Å². The molecule has 1 rings (SSSR count). The van der Waals surface area contributed by atoms with Crippen LogP contribution < -0.4 is 5.32 Å². The minimum Gasteiger partial charge on any atom is -0.389 e. The van der Waals surface area contributed by atoms with Crippen molar-refractivity contribution in [2.24, 2.45) is 11.8 Å². The van der Waals surface area contributed by atoms with Crippen LogP contribution in [0.4, 0.5) is 0 Å². The minimum absolute atomic E-state index is 0.306. The van der Waals surface area contributed by atoms with Crippen molar-refractivity contribution in [3.63, 3.8) is 0 Å². The first-order valence-electron chi connectivity index (χ1n) is 6.39. The second kappa shape index (κ2) is 5.31. The molecule has 0 aromatic rings. The molecule has 0 aliphatic heterocycles. The lowest BCUT2D eigenvalue weighted by atomic mass is 9.91. The maximum atomic E-state index is 10.1. The Kier molecular flexibility index (Phi) is 4.60. The summed E-state index contributed by atoms with van der Waals surface area (Å²) < 4.78 is 0. The molecule has 1 aliphatic rings. The quantitative estimate of drug-likeness (QED) is 0.735. The van der Waals surface area contributed by atoms with Gasteiger partial charge in [-0.3, -0.25) is 0 Å². The van der Waals surface area contributed by atoms with Crippen molar-refractivity contribution < 1.29 is 5.11 Å². The number of rotatable bonds is 5. The Bertz CT molecular complexity index is 183. The maximum absolute atomic E-state index is 10.1. The summed E-state index contributed by atoms with van der Waals surface area (Å²) in [5.41, 5.74) is -0.577. The Balaban J connectivity index is 2.29. The number of nitrogens with one attached hydrogen (secondary N) is 1. The zero-order valence-electron chi connectivity index (χ0n) is 10.7. The minimum atomic E-state index is -0.577. The van der Waals surface area contributed by atoms with Crippen LogP contribution in [0.2, 0.25) is 0 Å². The van der Waals surface area contributed by atoms with Gasteiger partial charge in [0.15, 0.2) is 0 Å². The van der Waals surface area contributed by atoms with Crippen molar-refractivity contribution in [1.29, 1.82) is 0 Å². The highest BCUT2D eigenvalue weighted by molar-refractivity contribution is 4.83. The summed E-state index contributed by atoms with van der Waals surface area (Å²) in [5.74, 6) is 1.13. The summed E-state index contributed by atoms with van der Waals surface area (Å²) in [6.45, 7) is 9.03. The van der Waals surface area contributed by atoms with E-state index < -0.39 is 5.60 Å². The van der Waals surface area contributed by atoms with Gasteiger partial charge in [0.05, 0.1) is 5.60 Å². The van der Waals surface area contributed by atoms with Gasteiger partial charge in [0.25, 0.3) is 0 Å². The van der Waals surface area contributed by atoms with Crippen LogP contribution in [0, 0.1) is 11.8 Å². The van der Waals surface area contributed by atoms with E-state index in [0.717, 1.165) is 5.92 Å². The van der Waals surface area contributed by atoms with E-state index in [0.29, 0.717) is 18.5 Å².